The molecule has 1 fully saturated rings. The van der Waals surface area contributed by atoms with Crippen molar-refractivity contribution in [3.05, 3.63) is 47.0 Å². The number of nitrogens with zero attached hydrogens (tertiary/aromatic N) is 2. The summed E-state index contributed by atoms with van der Waals surface area (Å²) in [6.07, 6.45) is 0. The SMILES string of the molecule is COc1cc(C)c(-c2cc(CN3CCN(C(C)=O)CC3)ccc2OC)cc1C. The van der Waals surface area contributed by atoms with Crippen molar-refractivity contribution in [2.45, 2.75) is 27.3 Å². The lowest BCUT2D eigenvalue weighted by molar-refractivity contribution is -0.130. The maximum absolute atomic E-state index is 11.5. The molecule has 5 nitrogen and oxygen atoms in total. The fourth-order valence-electron chi connectivity index (χ4n) is 3.84. The maximum Gasteiger partial charge on any atom is 0.219 e. The van der Waals surface area contributed by atoms with Gasteiger partial charge < -0.3 is 14.4 Å². The predicted molar refractivity (Wildman–Crippen MR) is 112 cm³/mol. The standard InChI is InChI=1S/C23H30N2O3/c1-16-13-23(28-5)17(2)12-20(16)21-14-19(6-7-22(21)27-4)15-24-8-10-25(11-9-24)18(3)26/h6-7,12-14H,8-11,15H2,1-5H3. The van der Waals surface area contributed by atoms with Crippen LogP contribution < -0.4 is 9.47 Å². The minimum absolute atomic E-state index is 0.164. The molecule has 3 rings (SSSR count). The van der Waals surface area contributed by atoms with Gasteiger partial charge in [-0.1, -0.05) is 6.07 Å². The van der Waals surface area contributed by atoms with E-state index in [4.69, 9.17) is 9.47 Å². The van der Waals surface area contributed by atoms with Crippen molar-refractivity contribution < 1.29 is 14.3 Å². The van der Waals surface area contributed by atoms with Gasteiger partial charge in [0.15, 0.2) is 0 Å². The van der Waals surface area contributed by atoms with E-state index >= 15 is 0 Å². The summed E-state index contributed by atoms with van der Waals surface area (Å²) in [6.45, 7) is 10.1. The summed E-state index contributed by atoms with van der Waals surface area (Å²) in [6, 6.07) is 10.7. The predicted octanol–water partition coefficient (Wildman–Crippen LogP) is 3.65. The van der Waals surface area contributed by atoms with Crippen LogP contribution in [-0.4, -0.2) is 56.1 Å². The first-order valence-electron chi connectivity index (χ1n) is 9.73. The van der Waals surface area contributed by atoms with E-state index < -0.39 is 0 Å². The van der Waals surface area contributed by atoms with E-state index in [9.17, 15) is 4.79 Å². The molecular formula is C23H30N2O3. The van der Waals surface area contributed by atoms with E-state index in [0.29, 0.717) is 0 Å². The molecule has 1 aliphatic rings. The first-order valence-corrected chi connectivity index (χ1v) is 9.73. The summed E-state index contributed by atoms with van der Waals surface area (Å²) in [7, 11) is 3.42. The highest BCUT2D eigenvalue weighted by Gasteiger charge is 2.19. The number of carbonyl (C=O) groups is 1. The van der Waals surface area contributed by atoms with E-state index in [1.54, 1.807) is 21.1 Å². The Labute approximate surface area is 167 Å². The number of benzene rings is 2. The van der Waals surface area contributed by atoms with Crippen molar-refractivity contribution in [3.63, 3.8) is 0 Å². The molecule has 1 amide bonds. The van der Waals surface area contributed by atoms with Crippen LogP contribution in [0.5, 0.6) is 11.5 Å². The largest absolute Gasteiger partial charge is 0.496 e. The number of rotatable bonds is 5. The zero-order valence-corrected chi connectivity index (χ0v) is 17.5. The number of piperazine rings is 1. The molecular weight excluding hydrogens is 352 g/mol. The Hall–Kier alpha value is -2.53. The van der Waals surface area contributed by atoms with E-state index in [0.717, 1.165) is 60.9 Å². The van der Waals surface area contributed by atoms with Crippen LogP contribution >= 0.6 is 0 Å². The third kappa shape index (κ3) is 4.30. The molecule has 1 aliphatic heterocycles. The van der Waals surface area contributed by atoms with Crippen LogP contribution in [0.15, 0.2) is 30.3 Å². The summed E-state index contributed by atoms with van der Waals surface area (Å²) in [5, 5.41) is 0. The van der Waals surface area contributed by atoms with Crippen molar-refractivity contribution in [1.82, 2.24) is 9.80 Å². The van der Waals surface area contributed by atoms with E-state index in [1.807, 2.05) is 4.90 Å². The van der Waals surface area contributed by atoms with Crippen molar-refractivity contribution in [1.29, 1.82) is 0 Å². The van der Waals surface area contributed by atoms with Gasteiger partial charge in [-0.25, -0.2) is 0 Å². The van der Waals surface area contributed by atoms with Crippen LogP contribution in [0.1, 0.15) is 23.6 Å². The minimum Gasteiger partial charge on any atom is -0.496 e. The maximum atomic E-state index is 11.5. The fraction of sp³-hybridized carbons (Fsp3) is 0.435. The number of hydrogen-bond acceptors (Lipinski definition) is 4. The molecule has 0 unspecified atom stereocenters. The van der Waals surface area contributed by atoms with Crippen molar-refractivity contribution in [2.24, 2.45) is 0 Å². The zero-order chi connectivity index (χ0) is 20.3. The van der Waals surface area contributed by atoms with Crippen molar-refractivity contribution in [3.8, 4) is 22.6 Å². The van der Waals surface area contributed by atoms with Crippen LogP contribution in [-0.2, 0) is 11.3 Å². The molecule has 1 saturated heterocycles. The Balaban J connectivity index is 1.85. The van der Waals surface area contributed by atoms with Crippen LogP contribution in [0.4, 0.5) is 0 Å². The average Bonchev–Trinajstić information content (AvgIpc) is 2.69. The second-order valence-electron chi connectivity index (χ2n) is 7.45. The lowest BCUT2D eigenvalue weighted by atomic mass is 9.95. The topological polar surface area (TPSA) is 42.0 Å². The number of hydrogen-bond donors (Lipinski definition) is 0. The molecule has 2 aromatic carbocycles. The average molecular weight is 383 g/mol. The molecule has 0 aromatic heterocycles. The number of methoxy groups -OCH3 is 2. The Kier molecular flexibility index (Phi) is 6.25. The van der Waals surface area contributed by atoms with Crippen LogP contribution in [0.25, 0.3) is 11.1 Å². The summed E-state index contributed by atoms with van der Waals surface area (Å²) in [5.74, 6) is 1.94. The monoisotopic (exact) mass is 382 g/mol. The second-order valence-corrected chi connectivity index (χ2v) is 7.45. The molecule has 2 aromatic rings. The van der Waals surface area contributed by atoms with Crippen LogP contribution in [0.3, 0.4) is 0 Å². The summed E-state index contributed by atoms with van der Waals surface area (Å²) >= 11 is 0. The quantitative estimate of drug-likeness (QED) is 0.792. The normalized spacial score (nSPS) is 14.8. The van der Waals surface area contributed by atoms with E-state index in [2.05, 4.69) is 49.1 Å². The smallest absolute Gasteiger partial charge is 0.219 e. The summed E-state index contributed by atoms with van der Waals surface area (Å²) in [5.41, 5.74) is 5.79. The fourth-order valence-corrected chi connectivity index (χ4v) is 3.84. The number of carbonyl (C=O) groups excluding carboxylic acids is 1. The molecule has 0 bridgehead atoms. The molecule has 0 saturated carbocycles. The summed E-state index contributed by atoms with van der Waals surface area (Å²) < 4.78 is 11.1. The first-order chi connectivity index (χ1) is 13.4. The molecule has 0 radical (unpaired) electrons. The molecule has 28 heavy (non-hydrogen) atoms. The van der Waals surface area contributed by atoms with Gasteiger partial charge in [-0.2, -0.15) is 0 Å². The highest BCUT2D eigenvalue weighted by Crippen LogP contribution is 2.36. The Morgan fingerprint density at radius 2 is 1.57 bits per heavy atom. The second kappa shape index (κ2) is 8.65. The van der Waals surface area contributed by atoms with Crippen molar-refractivity contribution in [2.75, 3.05) is 40.4 Å². The molecule has 150 valence electrons. The summed E-state index contributed by atoms with van der Waals surface area (Å²) in [4.78, 5) is 15.8. The molecule has 0 aliphatic carbocycles. The van der Waals surface area contributed by atoms with Gasteiger partial charge in [0.05, 0.1) is 14.2 Å². The highest BCUT2D eigenvalue weighted by atomic mass is 16.5. The van der Waals surface area contributed by atoms with Gasteiger partial charge in [0, 0.05) is 45.2 Å². The van der Waals surface area contributed by atoms with Gasteiger partial charge in [-0.05, 0) is 60.4 Å². The van der Waals surface area contributed by atoms with E-state index in [-0.39, 0.29) is 5.91 Å². The van der Waals surface area contributed by atoms with Gasteiger partial charge in [0.25, 0.3) is 0 Å². The molecule has 5 heteroatoms. The lowest BCUT2D eigenvalue weighted by Crippen LogP contribution is -2.47. The van der Waals surface area contributed by atoms with E-state index in [1.165, 1.54) is 11.1 Å². The van der Waals surface area contributed by atoms with Crippen LogP contribution in [0, 0.1) is 13.8 Å². The Morgan fingerprint density at radius 3 is 2.18 bits per heavy atom. The van der Waals surface area contributed by atoms with Crippen LogP contribution in [0.2, 0.25) is 0 Å². The van der Waals surface area contributed by atoms with Crippen molar-refractivity contribution >= 4 is 5.91 Å². The number of amides is 1. The lowest BCUT2D eigenvalue weighted by Gasteiger charge is -2.34. The third-order valence-corrected chi connectivity index (χ3v) is 5.52. The van der Waals surface area contributed by atoms with Gasteiger partial charge >= 0.3 is 0 Å². The van der Waals surface area contributed by atoms with Gasteiger partial charge in [0.1, 0.15) is 11.5 Å². The van der Waals surface area contributed by atoms with Gasteiger partial charge in [-0.3, -0.25) is 9.69 Å². The van der Waals surface area contributed by atoms with Gasteiger partial charge in [-0.15, -0.1) is 0 Å². The molecule has 0 N–H and O–H groups in total. The highest BCUT2D eigenvalue weighted by molar-refractivity contribution is 5.75. The van der Waals surface area contributed by atoms with Gasteiger partial charge in [0.2, 0.25) is 5.91 Å². The minimum atomic E-state index is 0.164. The molecule has 1 heterocycles. The third-order valence-electron chi connectivity index (χ3n) is 5.52. The molecule has 0 atom stereocenters. The first kappa shape index (κ1) is 20.2. The molecule has 0 spiro atoms. The number of ether oxygens (including phenoxy) is 2. The number of aryl methyl sites for hydroxylation is 2. The zero-order valence-electron chi connectivity index (χ0n) is 17.5. The Bertz CT molecular complexity index is 855. The Morgan fingerprint density at radius 1 is 0.893 bits per heavy atom.